The molecule has 0 fully saturated rings. The molecule has 1 amide bonds. The topological polar surface area (TPSA) is 101 Å². The zero-order chi connectivity index (χ0) is 27.6. The van der Waals surface area contributed by atoms with E-state index in [1.807, 2.05) is 63.1 Å². The summed E-state index contributed by atoms with van der Waals surface area (Å²) >= 11 is 1.43. The monoisotopic (exact) mass is 539 g/mol. The van der Waals surface area contributed by atoms with Gasteiger partial charge in [-0.05, 0) is 77.8 Å². The summed E-state index contributed by atoms with van der Waals surface area (Å²) in [6.45, 7) is 10.6. The van der Waals surface area contributed by atoms with Crippen LogP contribution in [0.25, 0.3) is 11.0 Å². The summed E-state index contributed by atoms with van der Waals surface area (Å²) in [6.07, 6.45) is 5.11. The molecule has 1 aromatic carbocycles. The first-order valence-electron chi connectivity index (χ1n) is 13.0. The van der Waals surface area contributed by atoms with Crippen LogP contribution < -0.4 is 15.4 Å². The van der Waals surface area contributed by atoms with E-state index in [1.165, 1.54) is 11.8 Å². The second kappa shape index (κ2) is 11.3. The number of aliphatic hydroxyl groups excluding tert-OH is 1. The van der Waals surface area contributed by atoms with Gasteiger partial charge in [0.25, 0.3) is 5.56 Å². The Morgan fingerprint density at radius 3 is 2.66 bits per heavy atom. The molecule has 1 aliphatic rings. The molecular formula is C28H37N5O4S. The first-order chi connectivity index (χ1) is 18.0. The summed E-state index contributed by atoms with van der Waals surface area (Å²) in [5.41, 5.74) is 2.80. The van der Waals surface area contributed by atoms with Crippen LogP contribution in [-0.2, 0) is 11.3 Å². The highest BCUT2D eigenvalue weighted by atomic mass is 32.2. The molecule has 1 aliphatic heterocycles. The van der Waals surface area contributed by atoms with E-state index in [2.05, 4.69) is 9.97 Å². The highest BCUT2D eigenvalue weighted by Crippen LogP contribution is 2.40. The first-order valence-corrected chi connectivity index (χ1v) is 14.2. The van der Waals surface area contributed by atoms with E-state index in [4.69, 9.17) is 4.74 Å². The Morgan fingerprint density at radius 1 is 1.21 bits per heavy atom. The number of ether oxygens (including phenoxy) is 1. The molecular weight excluding hydrogens is 502 g/mol. The molecule has 3 heterocycles. The van der Waals surface area contributed by atoms with Crippen molar-refractivity contribution in [1.82, 2.24) is 14.5 Å². The molecule has 1 unspecified atom stereocenters. The maximum absolute atomic E-state index is 14.0. The molecule has 0 aliphatic carbocycles. The number of para-hydroxylation sites is 1. The van der Waals surface area contributed by atoms with Crippen LogP contribution in [0.2, 0.25) is 0 Å². The zero-order valence-corrected chi connectivity index (χ0v) is 23.8. The smallest absolute Gasteiger partial charge is 0.414 e. The number of fused-ring (bicyclic) bond motifs is 2. The van der Waals surface area contributed by atoms with Crippen molar-refractivity contribution in [1.29, 1.82) is 0 Å². The number of pyridine rings is 1. The van der Waals surface area contributed by atoms with Crippen LogP contribution in [0.3, 0.4) is 0 Å². The maximum Gasteiger partial charge on any atom is 0.414 e. The van der Waals surface area contributed by atoms with E-state index in [9.17, 15) is 14.7 Å². The van der Waals surface area contributed by atoms with Crippen LogP contribution >= 0.6 is 11.8 Å². The van der Waals surface area contributed by atoms with Crippen LogP contribution in [0.1, 0.15) is 52.5 Å². The number of nitrogens with zero attached hydrogens (tertiary/aromatic N) is 5. The molecule has 3 aromatic rings. The summed E-state index contributed by atoms with van der Waals surface area (Å²) in [5, 5.41) is 11.0. The van der Waals surface area contributed by atoms with Crippen LogP contribution in [-0.4, -0.2) is 56.8 Å². The number of aryl methyl sites for hydroxylation is 2. The zero-order valence-electron chi connectivity index (χ0n) is 23.0. The van der Waals surface area contributed by atoms with E-state index in [0.717, 1.165) is 35.2 Å². The molecule has 1 N–H and O–H groups in total. The van der Waals surface area contributed by atoms with Gasteiger partial charge in [0.1, 0.15) is 16.9 Å². The molecule has 2 aromatic heterocycles. The van der Waals surface area contributed by atoms with Gasteiger partial charge in [0, 0.05) is 31.2 Å². The average Bonchev–Trinajstić information content (AvgIpc) is 2.85. The minimum absolute atomic E-state index is 0.140. The summed E-state index contributed by atoms with van der Waals surface area (Å²) in [7, 11) is 0. The fourth-order valence-electron chi connectivity index (χ4n) is 4.73. The number of benzene rings is 1. The third-order valence-corrected chi connectivity index (χ3v) is 7.01. The van der Waals surface area contributed by atoms with E-state index in [0.29, 0.717) is 42.5 Å². The lowest BCUT2D eigenvalue weighted by Gasteiger charge is -2.39. The van der Waals surface area contributed by atoms with Crippen molar-refractivity contribution in [3.05, 3.63) is 46.4 Å². The number of anilines is 3. The molecule has 4 rings (SSSR count). The van der Waals surface area contributed by atoms with Crippen molar-refractivity contribution < 1.29 is 14.6 Å². The Kier molecular flexibility index (Phi) is 8.32. The Balaban J connectivity index is 1.80. The highest BCUT2D eigenvalue weighted by molar-refractivity contribution is 7.98. The fourth-order valence-corrected chi connectivity index (χ4v) is 5.07. The summed E-state index contributed by atoms with van der Waals surface area (Å²) in [5.74, 6) is 0. The molecule has 0 radical (unpaired) electrons. The minimum Gasteiger partial charge on any atom is -0.443 e. The van der Waals surface area contributed by atoms with Crippen molar-refractivity contribution in [3.63, 3.8) is 0 Å². The average molecular weight is 540 g/mol. The normalized spacial score (nSPS) is 14.5. The number of hydrogen-bond donors (Lipinski definition) is 1. The van der Waals surface area contributed by atoms with Gasteiger partial charge in [-0.3, -0.25) is 14.3 Å². The predicted octanol–water partition coefficient (Wildman–Crippen LogP) is 5.27. The van der Waals surface area contributed by atoms with E-state index in [1.54, 1.807) is 22.6 Å². The SMILES string of the molecule is CSc1ncc2cc(N3CCN(C(=O)OC(C)(C)C)c4c(C)cccc43)c(=O)n(CCCCC(C)O)c2n1. The van der Waals surface area contributed by atoms with Gasteiger partial charge < -0.3 is 14.7 Å². The van der Waals surface area contributed by atoms with Crippen LogP contribution in [0, 0.1) is 6.92 Å². The molecule has 204 valence electrons. The standard InChI is InChI=1S/C28H37N5O4S/c1-18-10-9-12-21-23(18)32(27(36)37-28(3,4)5)15-14-31(21)22-16-20-17-29-26(38-6)30-24(20)33(25(22)35)13-8-7-11-19(2)34/h9-10,12,16-17,19,34H,7-8,11,13-15H2,1-6H3. The predicted molar refractivity (Wildman–Crippen MR) is 153 cm³/mol. The third-order valence-electron chi connectivity index (χ3n) is 6.45. The van der Waals surface area contributed by atoms with Crippen LogP contribution in [0.15, 0.2) is 40.4 Å². The Hall–Kier alpha value is -3.11. The summed E-state index contributed by atoms with van der Waals surface area (Å²) in [4.78, 5) is 39.9. The van der Waals surface area contributed by atoms with Crippen molar-refractivity contribution in [2.45, 2.75) is 77.3 Å². The number of rotatable bonds is 7. The van der Waals surface area contributed by atoms with Gasteiger partial charge in [-0.2, -0.15) is 0 Å². The number of carbonyl (C=O) groups is 1. The van der Waals surface area contributed by atoms with Gasteiger partial charge in [0.2, 0.25) is 0 Å². The Bertz CT molecular complexity index is 1380. The molecule has 10 heteroatoms. The second-order valence-corrected chi connectivity index (χ2v) is 11.5. The first kappa shape index (κ1) is 27.9. The minimum atomic E-state index is -0.618. The van der Waals surface area contributed by atoms with E-state index < -0.39 is 11.7 Å². The van der Waals surface area contributed by atoms with Gasteiger partial charge in [-0.15, -0.1) is 0 Å². The summed E-state index contributed by atoms with van der Waals surface area (Å²) < 4.78 is 7.42. The molecule has 1 atom stereocenters. The number of amides is 1. The van der Waals surface area contributed by atoms with E-state index >= 15 is 0 Å². The molecule has 0 saturated heterocycles. The lowest BCUT2D eigenvalue weighted by Crippen LogP contribution is -2.46. The van der Waals surface area contributed by atoms with Crippen molar-refractivity contribution >= 4 is 46.0 Å². The number of unbranched alkanes of at least 4 members (excludes halogenated alkanes) is 1. The summed E-state index contributed by atoms with van der Waals surface area (Å²) in [6, 6.07) is 7.67. The van der Waals surface area contributed by atoms with Crippen LogP contribution in [0.4, 0.5) is 21.9 Å². The van der Waals surface area contributed by atoms with Gasteiger partial charge in [-0.25, -0.2) is 14.8 Å². The Labute approximate surface area is 227 Å². The highest BCUT2D eigenvalue weighted by Gasteiger charge is 2.33. The van der Waals surface area contributed by atoms with Crippen molar-refractivity contribution in [2.24, 2.45) is 0 Å². The number of carbonyl (C=O) groups excluding carboxylic acids is 1. The van der Waals surface area contributed by atoms with Crippen molar-refractivity contribution in [2.75, 3.05) is 29.1 Å². The lowest BCUT2D eigenvalue weighted by molar-refractivity contribution is 0.0580. The number of aromatic nitrogens is 3. The number of aliphatic hydroxyl groups is 1. The van der Waals surface area contributed by atoms with Gasteiger partial charge in [-0.1, -0.05) is 23.9 Å². The lowest BCUT2D eigenvalue weighted by atomic mass is 10.1. The molecule has 0 bridgehead atoms. The number of thioether (sulfide) groups is 1. The number of hydrogen-bond acceptors (Lipinski definition) is 8. The van der Waals surface area contributed by atoms with E-state index in [-0.39, 0.29) is 11.7 Å². The largest absolute Gasteiger partial charge is 0.443 e. The molecule has 38 heavy (non-hydrogen) atoms. The molecule has 9 nitrogen and oxygen atoms in total. The van der Waals surface area contributed by atoms with Gasteiger partial charge >= 0.3 is 6.09 Å². The Morgan fingerprint density at radius 2 is 1.97 bits per heavy atom. The molecule has 0 spiro atoms. The third kappa shape index (κ3) is 5.96. The van der Waals surface area contributed by atoms with Gasteiger partial charge in [0.15, 0.2) is 5.16 Å². The molecule has 0 saturated carbocycles. The van der Waals surface area contributed by atoms with Crippen molar-refractivity contribution in [3.8, 4) is 0 Å². The van der Waals surface area contributed by atoms with Crippen LogP contribution in [0.5, 0.6) is 0 Å². The fraction of sp³-hybridized carbons (Fsp3) is 0.500. The maximum atomic E-state index is 14.0. The quantitative estimate of drug-likeness (QED) is 0.246. The second-order valence-electron chi connectivity index (χ2n) is 10.7. The van der Waals surface area contributed by atoms with Gasteiger partial charge in [0.05, 0.1) is 17.5 Å².